The first-order valence-electron chi connectivity index (χ1n) is 5.24. The van der Waals surface area contributed by atoms with Crippen molar-refractivity contribution < 1.29 is 14.7 Å². The van der Waals surface area contributed by atoms with Gasteiger partial charge in [-0.1, -0.05) is 0 Å². The second-order valence-corrected chi connectivity index (χ2v) is 4.94. The number of hydrogen-bond acceptors (Lipinski definition) is 4. The maximum Gasteiger partial charge on any atom is 0.353 e. The SMILES string of the molecule is C/C(=C1\C(=O)N2C(C(=O)O)=CS[C@@H]12)c1ccn[nH]1. The van der Waals surface area contributed by atoms with Crippen molar-refractivity contribution in [1.29, 1.82) is 0 Å². The average Bonchev–Trinajstić information content (AvgIpc) is 2.95. The first kappa shape index (κ1) is 11.1. The number of carboxylic acids is 1. The zero-order chi connectivity index (χ0) is 12.9. The fourth-order valence-electron chi connectivity index (χ4n) is 2.06. The van der Waals surface area contributed by atoms with E-state index in [4.69, 9.17) is 5.11 Å². The van der Waals surface area contributed by atoms with Crippen LogP contribution in [0, 0.1) is 0 Å². The van der Waals surface area contributed by atoms with E-state index in [1.807, 2.05) is 6.92 Å². The molecule has 0 saturated carbocycles. The molecule has 2 aliphatic rings. The zero-order valence-corrected chi connectivity index (χ0v) is 10.2. The van der Waals surface area contributed by atoms with E-state index in [1.54, 1.807) is 12.3 Å². The molecule has 92 valence electrons. The number of amides is 1. The topological polar surface area (TPSA) is 86.3 Å². The van der Waals surface area contributed by atoms with E-state index in [-0.39, 0.29) is 17.0 Å². The fourth-order valence-corrected chi connectivity index (χ4v) is 3.28. The normalized spacial score (nSPS) is 24.5. The lowest BCUT2D eigenvalue weighted by molar-refractivity contribution is -0.141. The fraction of sp³-hybridized carbons (Fsp3) is 0.182. The second-order valence-electron chi connectivity index (χ2n) is 3.98. The Labute approximate surface area is 106 Å². The number of nitrogens with zero attached hydrogens (tertiary/aromatic N) is 2. The highest BCUT2D eigenvalue weighted by molar-refractivity contribution is 8.03. The minimum Gasteiger partial charge on any atom is -0.477 e. The van der Waals surface area contributed by atoms with Crippen LogP contribution in [0.2, 0.25) is 0 Å². The van der Waals surface area contributed by atoms with Gasteiger partial charge in [0.25, 0.3) is 5.91 Å². The number of fused-ring (bicyclic) bond motifs is 1. The van der Waals surface area contributed by atoms with Crippen molar-refractivity contribution >= 4 is 29.2 Å². The average molecular weight is 263 g/mol. The summed E-state index contributed by atoms with van der Waals surface area (Å²) in [5.41, 5.74) is 2.28. The molecule has 1 aromatic heterocycles. The summed E-state index contributed by atoms with van der Waals surface area (Å²) in [7, 11) is 0. The Balaban J connectivity index is 1.95. The van der Waals surface area contributed by atoms with Crippen LogP contribution in [0.3, 0.4) is 0 Å². The van der Waals surface area contributed by atoms with Crippen LogP contribution >= 0.6 is 11.8 Å². The number of nitrogens with one attached hydrogen (secondary N) is 1. The van der Waals surface area contributed by atoms with Gasteiger partial charge < -0.3 is 5.11 Å². The number of aromatic amines is 1. The minimum absolute atomic E-state index is 0.0520. The van der Waals surface area contributed by atoms with Crippen LogP contribution in [0.4, 0.5) is 0 Å². The Morgan fingerprint density at radius 3 is 3.00 bits per heavy atom. The summed E-state index contributed by atoms with van der Waals surface area (Å²) in [5.74, 6) is -1.32. The first-order chi connectivity index (χ1) is 8.61. The van der Waals surface area contributed by atoms with Crippen molar-refractivity contribution in [1.82, 2.24) is 15.1 Å². The molecule has 6 nitrogen and oxygen atoms in total. The van der Waals surface area contributed by atoms with Crippen molar-refractivity contribution in [3.8, 4) is 0 Å². The summed E-state index contributed by atoms with van der Waals surface area (Å²) in [4.78, 5) is 24.3. The summed E-state index contributed by atoms with van der Waals surface area (Å²) < 4.78 is 0. The molecule has 0 aromatic carbocycles. The molecule has 2 aliphatic heterocycles. The summed E-state index contributed by atoms with van der Waals surface area (Å²) in [6, 6.07) is 1.78. The number of carbonyl (C=O) groups excluding carboxylic acids is 1. The number of aliphatic carboxylic acids is 1. The highest BCUT2D eigenvalue weighted by Gasteiger charge is 2.50. The first-order valence-corrected chi connectivity index (χ1v) is 6.18. The quantitative estimate of drug-likeness (QED) is 0.614. The number of rotatable bonds is 2. The van der Waals surface area contributed by atoms with Crippen molar-refractivity contribution in [2.24, 2.45) is 0 Å². The molecule has 2 N–H and O–H groups in total. The van der Waals surface area contributed by atoms with Gasteiger partial charge in [0.1, 0.15) is 11.1 Å². The highest BCUT2D eigenvalue weighted by Crippen LogP contribution is 2.46. The van der Waals surface area contributed by atoms with E-state index in [2.05, 4.69) is 10.2 Å². The number of carbonyl (C=O) groups is 2. The van der Waals surface area contributed by atoms with E-state index in [0.29, 0.717) is 5.57 Å². The lowest BCUT2D eigenvalue weighted by Gasteiger charge is -2.38. The van der Waals surface area contributed by atoms with E-state index in [1.165, 1.54) is 22.1 Å². The van der Waals surface area contributed by atoms with Crippen LogP contribution in [0.1, 0.15) is 12.6 Å². The van der Waals surface area contributed by atoms with Gasteiger partial charge in [0.05, 0.1) is 11.3 Å². The van der Waals surface area contributed by atoms with Crippen molar-refractivity contribution in [2.75, 3.05) is 0 Å². The number of H-pyrrole nitrogens is 1. The molecule has 1 atom stereocenters. The smallest absolute Gasteiger partial charge is 0.353 e. The maximum atomic E-state index is 12.0. The van der Waals surface area contributed by atoms with Crippen LogP contribution in [0.5, 0.6) is 0 Å². The van der Waals surface area contributed by atoms with Crippen LogP contribution in [-0.2, 0) is 9.59 Å². The zero-order valence-electron chi connectivity index (χ0n) is 9.38. The van der Waals surface area contributed by atoms with Crippen molar-refractivity contribution in [3.05, 3.63) is 34.6 Å². The van der Waals surface area contributed by atoms with Crippen LogP contribution in [0.25, 0.3) is 5.57 Å². The van der Waals surface area contributed by atoms with Gasteiger partial charge in [0.2, 0.25) is 0 Å². The number of hydrogen-bond donors (Lipinski definition) is 2. The monoisotopic (exact) mass is 263 g/mol. The molecule has 0 spiro atoms. The molecule has 3 heterocycles. The highest BCUT2D eigenvalue weighted by atomic mass is 32.2. The number of aromatic nitrogens is 2. The Morgan fingerprint density at radius 2 is 2.39 bits per heavy atom. The molecule has 0 bridgehead atoms. The molecule has 0 unspecified atom stereocenters. The second kappa shape index (κ2) is 3.74. The molecule has 0 radical (unpaired) electrons. The molecular weight excluding hydrogens is 254 g/mol. The summed E-state index contributed by atoms with van der Waals surface area (Å²) in [5, 5.41) is 16.9. The summed E-state index contributed by atoms with van der Waals surface area (Å²) in [6.45, 7) is 1.83. The van der Waals surface area contributed by atoms with E-state index in [0.717, 1.165) is 11.3 Å². The van der Waals surface area contributed by atoms with Gasteiger partial charge in [0, 0.05) is 11.6 Å². The van der Waals surface area contributed by atoms with Gasteiger partial charge >= 0.3 is 5.97 Å². The van der Waals surface area contributed by atoms with E-state index >= 15 is 0 Å². The Morgan fingerprint density at radius 1 is 1.61 bits per heavy atom. The van der Waals surface area contributed by atoms with Gasteiger partial charge in [-0.3, -0.25) is 14.8 Å². The molecule has 1 saturated heterocycles. The largest absolute Gasteiger partial charge is 0.477 e. The molecule has 1 fully saturated rings. The lowest BCUT2D eigenvalue weighted by atomic mass is 9.97. The standard InChI is InChI=1S/C11H9N3O3S/c1-5(6-2-3-12-13-6)8-9(15)14-7(11(16)17)4-18-10(8)14/h2-4,10H,1H3,(H,12,13)(H,16,17)/b8-5-/t10-/m0/s1. The third-order valence-electron chi connectivity index (χ3n) is 3.03. The maximum absolute atomic E-state index is 12.0. The third kappa shape index (κ3) is 1.34. The molecule has 18 heavy (non-hydrogen) atoms. The van der Waals surface area contributed by atoms with Crippen LogP contribution in [-0.4, -0.2) is 37.5 Å². The molecule has 7 heteroatoms. The predicted molar refractivity (Wildman–Crippen MR) is 65.1 cm³/mol. The Kier molecular flexibility index (Phi) is 2.30. The van der Waals surface area contributed by atoms with E-state index in [9.17, 15) is 9.59 Å². The molecule has 1 amide bonds. The molecule has 3 rings (SSSR count). The van der Waals surface area contributed by atoms with Crippen molar-refractivity contribution in [2.45, 2.75) is 12.3 Å². The molecule has 0 aliphatic carbocycles. The number of carboxylic acid groups (broad SMARTS) is 1. The van der Waals surface area contributed by atoms with Gasteiger partial charge in [-0.05, 0) is 18.6 Å². The molecule has 1 aromatic rings. The van der Waals surface area contributed by atoms with Crippen LogP contribution in [0.15, 0.2) is 28.9 Å². The predicted octanol–water partition coefficient (Wildman–Crippen LogP) is 1.02. The molecular formula is C11H9N3O3S. The summed E-state index contributed by atoms with van der Waals surface area (Å²) in [6.07, 6.45) is 1.61. The Bertz CT molecular complexity index is 603. The van der Waals surface area contributed by atoms with Gasteiger partial charge in [-0.25, -0.2) is 4.79 Å². The lowest BCUT2D eigenvalue weighted by Crippen LogP contribution is -2.51. The number of allylic oxidation sites excluding steroid dienone is 1. The van der Waals surface area contributed by atoms with Gasteiger partial charge in [0.15, 0.2) is 0 Å². The van der Waals surface area contributed by atoms with Gasteiger partial charge in [-0.2, -0.15) is 5.10 Å². The number of thioether (sulfide) groups is 1. The minimum atomic E-state index is -1.07. The van der Waals surface area contributed by atoms with Crippen molar-refractivity contribution in [3.63, 3.8) is 0 Å². The number of β-lactam (4-membered cyclic amide) rings is 1. The van der Waals surface area contributed by atoms with E-state index < -0.39 is 5.97 Å². The third-order valence-corrected chi connectivity index (χ3v) is 4.09. The Hall–Kier alpha value is -2.02. The summed E-state index contributed by atoms with van der Waals surface area (Å²) >= 11 is 1.34. The van der Waals surface area contributed by atoms with Crippen LogP contribution < -0.4 is 0 Å². The van der Waals surface area contributed by atoms with Gasteiger partial charge in [-0.15, -0.1) is 11.8 Å².